The third kappa shape index (κ3) is 4.77. The molecule has 7 nitrogen and oxygen atoms in total. The van der Waals surface area contributed by atoms with Crippen LogP contribution < -0.4 is 20.1 Å². The van der Waals surface area contributed by atoms with Crippen LogP contribution in [0.2, 0.25) is 0 Å². The van der Waals surface area contributed by atoms with Gasteiger partial charge in [-0.3, -0.25) is 4.79 Å². The van der Waals surface area contributed by atoms with Crippen molar-refractivity contribution in [3.63, 3.8) is 0 Å². The van der Waals surface area contributed by atoms with E-state index < -0.39 is 0 Å². The number of rotatable bonds is 5. The van der Waals surface area contributed by atoms with Gasteiger partial charge in [-0.05, 0) is 59.5 Å². The Bertz CT molecular complexity index is 1380. The van der Waals surface area contributed by atoms with Gasteiger partial charge in [0, 0.05) is 35.6 Å². The molecule has 36 heavy (non-hydrogen) atoms. The molecule has 1 aliphatic rings. The van der Waals surface area contributed by atoms with E-state index in [1.54, 1.807) is 18.2 Å². The van der Waals surface area contributed by atoms with E-state index in [0.717, 1.165) is 16.8 Å². The van der Waals surface area contributed by atoms with Crippen molar-refractivity contribution in [2.75, 3.05) is 30.9 Å². The lowest BCUT2D eigenvalue weighted by Crippen LogP contribution is -2.17. The maximum Gasteiger partial charge on any atom is 0.278 e. The van der Waals surface area contributed by atoms with Crippen LogP contribution in [0.3, 0.4) is 0 Å². The van der Waals surface area contributed by atoms with Gasteiger partial charge in [0.15, 0.2) is 23.0 Å². The number of nitrogens with zero attached hydrogens (tertiary/aromatic N) is 1. The van der Waals surface area contributed by atoms with Gasteiger partial charge in [-0.15, -0.1) is 0 Å². The van der Waals surface area contributed by atoms with Gasteiger partial charge >= 0.3 is 0 Å². The number of ether oxygens (including phenoxy) is 2. The number of oxazole rings is 1. The predicted molar refractivity (Wildman–Crippen MR) is 141 cm³/mol. The molecule has 0 fully saturated rings. The number of carbonyl (C=O) groups excluding carboxylic acids is 1. The van der Waals surface area contributed by atoms with Gasteiger partial charge in [-0.25, -0.2) is 4.98 Å². The highest BCUT2D eigenvalue weighted by Crippen LogP contribution is 2.35. The summed E-state index contributed by atoms with van der Waals surface area (Å²) in [4.78, 5) is 18.0. The van der Waals surface area contributed by atoms with E-state index in [2.05, 4.69) is 48.5 Å². The van der Waals surface area contributed by atoms with Crippen molar-refractivity contribution in [1.82, 2.24) is 4.98 Å². The van der Waals surface area contributed by atoms with Crippen LogP contribution >= 0.6 is 0 Å². The van der Waals surface area contributed by atoms with Gasteiger partial charge in [-0.2, -0.15) is 0 Å². The third-order valence-electron chi connectivity index (χ3n) is 6.08. The van der Waals surface area contributed by atoms with Gasteiger partial charge in [0.05, 0.1) is 0 Å². The van der Waals surface area contributed by atoms with Gasteiger partial charge in [0.1, 0.15) is 13.2 Å². The maximum absolute atomic E-state index is 13.4. The third-order valence-corrected chi connectivity index (χ3v) is 6.08. The number of aromatic nitrogens is 1. The Morgan fingerprint density at radius 2 is 1.47 bits per heavy atom. The van der Waals surface area contributed by atoms with E-state index in [0.29, 0.717) is 42.1 Å². The Kier molecular flexibility index (Phi) is 6.14. The summed E-state index contributed by atoms with van der Waals surface area (Å²) in [7, 11) is 1.86. The number of nitrogens with one attached hydrogen (secondary N) is 2. The predicted octanol–water partition coefficient (Wildman–Crippen LogP) is 6.37. The van der Waals surface area contributed by atoms with Crippen molar-refractivity contribution in [3.05, 3.63) is 78.0 Å². The standard InChI is InChI=1S/C29H29N3O4/c1-29(2,3)20-9-5-19(6-10-20)28-32-25(26(36-28)18-7-11-21(30-4)12-8-18)27(33)31-22-13-14-23-24(17-22)35-16-15-34-23/h5-14,17,30H,15-16H2,1-4H3,(H,31,33). The van der Waals surface area contributed by atoms with Crippen LogP contribution in [-0.4, -0.2) is 31.2 Å². The number of amides is 1. The second-order valence-electron chi connectivity index (χ2n) is 9.66. The molecule has 5 rings (SSSR count). The van der Waals surface area contributed by atoms with Crippen molar-refractivity contribution >= 4 is 17.3 Å². The molecule has 0 saturated heterocycles. The maximum atomic E-state index is 13.4. The van der Waals surface area contributed by atoms with E-state index in [1.165, 1.54) is 5.56 Å². The summed E-state index contributed by atoms with van der Waals surface area (Å²) < 4.78 is 17.4. The van der Waals surface area contributed by atoms with Gasteiger partial charge in [0.2, 0.25) is 5.89 Å². The van der Waals surface area contributed by atoms with Crippen LogP contribution in [-0.2, 0) is 5.41 Å². The molecule has 0 aliphatic carbocycles. The first-order chi connectivity index (χ1) is 17.3. The van der Waals surface area contributed by atoms with Crippen molar-refractivity contribution in [1.29, 1.82) is 0 Å². The monoisotopic (exact) mass is 483 g/mol. The van der Waals surface area contributed by atoms with Crippen molar-refractivity contribution in [2.45, 2.75) is 26.2 Å². The molecule has 184 valence electrons. The van der Waals surface area contributed by atoms with E-state index >= 15 is 0 Å². The Labute approximate surface area is 210 Å². The average molecular weight is 484 g/mol. The van der Waals surface area contributed by atoms with E-state index in [4.69, 9.17) is 13.9 Å². The van der Waals surface area contributed by atoms with Gasteiger partial charge in [-0.1, -0.05) is 32.9 Å². The molecule has 0 saturated carbocycles. The Morgan fingerprint density at radius 1 is 0.833 bits per heavy atom. The topological polar surface area (TPSA) is 85.6 Å². The number of anilines is 2. The quantitative estimate of drug-likeness (QED) is 0.343. The zero-order valence-corrected chi connectivity index (χ0v) is 20.8. The molecular formula is C29H29N3O4. The van der Waals surface area contributed by atoms with Gasteiger partial charge < -0.3 is 24.5 Å². The normalized spacial score (nSPS) is 12.8. The largest absolute Gasteiger partial charge is 0.486 e. The van der Waals surface area contributed by atoms with Crippen LogP contribution in [0.1, 0.15) is 36.8 Å². The highest BCUT2D eigenvalue weighted by Gasteiger charge is 2.24. The fourth-order valence-corrected chi connectivity index (χ4v) is 4.01. The molecule has 0 bridgehead atoms. The lowest BCUT2D eigenvalue weighted by molar-refractivity contribution is 0.102. The molecule has 0 radical (unpaired) electrons. The first-order valence-electron chi connectivity index (χ1n) is 11.9. The molecule has 0 atom stereocenters. The SMILES string of the molecule is CNc1ccc(-c2oc(-c3ccc(C(C)(C)C)cc3)nc2C(=O)Nc2ccc3c(c2)OCCO3)cc1. The summed E-state index contributed by atoms with van der Waals surface area (Å²) in [6, 6.07) is 21.1. The summed E-state index contributed by atoms with van der Waals surface area (Å²) in [5.74, 6) is 1.67. The smallest absolute Gasteiger partial charge is 0.278 e. The Hall–Kier alpha value is -4.26. The zero-order valence-electron chi connectivity index (χ0n) is 20.8. The van der Waals surface area contributed by atoms with E-state index in [-0.39, 0.29) is 17.0 Å². The Balaban J connectivity index is 1.50. The molecule has 2 N–H and O–H groups in total. The minimum absolute atomic E-state index is 0.0318. The molecule has 7 heteroatoms. The molecule has 1 aliphatic heterocycles. The highest BCUT2D eigenvalue weighted by atomic mass is 16.6. The van der Waals surface area contributed by atoms with E-state index in [1.807, 2.05) is 43.4 Å². The molecule has 4 aromatic rings. The lowest BCUT2D eigenvalue weighted by Gasteiger charge is -2.18. The first kappa shape index (κ1) is 23.5. The lowest BCUT2D eigenvalue weighted by atomic mass is 9.87. The van der Waals surface area contributed by atoms with Crippen molar-refractivity contribution in [2.24, 2.45) is 0 Å². The molecule has 1 aromatic heterocycles. The molecule has 3 aromatic carbocycles. The molecule has 0 unspecified atom stereocenters. The molecule has 2 heterocycles. The summed E-state index contributed by atoms with van der Waals surface area (Å²) in [5, 5.41) is 6.03. The summed E-state index contributed by atoms with van der Waals surface area (Å²) in [6.45, 7) is 7.48. The van der Waals surface area contributed by atoms with Crippen LogP contribution in [0.25, 0.3) is 22.8 Å². The second-order valence-corrected chi connectivity index (χ2v) is 9.66. The highest BCUT2D eigenvalue weighted by molar-refractivity contribution is 6.07. The van der Waals surface area contributed by atoms with Crippen LogP contribution in [0, 0.1) is 0 Å². The van der Waals surface area contributed by atoms with Gasteiger partial charge in [0.25, 0.3) is 5.91 Å². The molecular weight excluding hydrogens is 454 g/mol. The fourth-order valence-electron chi connectivity index (χ4n) is 4.01. The van der Waals surface area contributed by atoms with Crippen molar-refractivity contribution < 1.29 is 18.7 Å². The number of hydrogen-bond donors (Lipinski definition) is 2. The number of hydrogen-bond acceptors (Lipinski definition) is 6. The summed E-state index contributed by atoms with van der Waals surface area (Å²) in [5.41, 5.74) is 4.54. The second kappa shape index (κ2) is 9.41. The minimum Gasteiger partial charge on any atom is -0.486 e. The number of fused-ring (bicyclic) bond motifs is 1. The fraction of sp³-hybridized carbons (Fsp3) is 0.241. The van der Waals surface area contributed by atoms with Crippen LogP contribution in [0.5, 0.6) is 11.5 Å². The van der Waals surface area contributed by atoms with E-state index in [9.17, 15) is 4.79 Å². The van der Waals surface area contributed by atoms with Crippen LogP contribution in [0.4, 0.5) is 11.4 Å². The molecule has 0 spiro atoms. The summed E-state index contributed by atoms with van der Waals surface area (Å²) in [6.07, 6.45) is 0. The number of carbonyl (C=O) groups is 1. The van der Waals surface area contributed by atoms with Crippen LogP contribution in [0.15, 0.2) is 71.1 Å². The number of benzene rings is 3. The minimum atomic E-state index is -0.374. The average Bonchev–Trinajstić information content (AvgIpc) is 3.34. The summed E-state index contributed by atoms with van der Waals surface area (Å²) >= 11 is 0. The first-order valence-corrected chi connectivity index (χ1v) is 11.9. The zero-order chi connectivity index (χ0) is 25.3. The van der Waals surface area contributed by atoms with Crippen molar-refractivity contribution in [3.8, 4) is 34.3 Å². The molecule has 1 amide bonds. The Morgan fingerprint density at radius 3 is 2.14 bits per heavy atom.